The lowest BCUT2D eigenvalue weighted by Crippen LogP contribution is -2.31. The zero-order chi connectivity index (χ0) is 15.1. The number of alkyl halides is 1. The molecule has 1 amide bonds. The number of hydrogen-bond acceptors (Lipinski definition) is 2. The fourth-order valence-corrected chi connectivity index (χ4v) is 2.38. The third kappa shape index (κ3) is 3.93. The number of amides is 1. The first-order valence-electron chi connectivity index (χ1n) is 6.65. The molecule has 0 saturated heterocycles. The van der Waals surface area contributed by atoms with Crippen molar-refractivity contribution >= 4 is 27.5 Å². The van der Waals surface area contributed by atoms with E-state index in [1.165, 1.54) is 0 Å². The third-order valence-corrected chi connectivity index (χ3v) is 3.76. The second-order valence-corrected chi connectivity index (χ2v) is 5.09. The largest absolute Gasteiger partial charge is 0.307 e. The van der Waals surface area contributed by atoms with Gasteiger partial charge in [0, 0.05) is 23.1 Å². The van der Waals surface area contributed by atoms with Crippen LogP contribution in [0.25, 0.3) is 0 Å². The summed E-state index contributed by atoms with van der Waals surface area (Å²) in [6.07, 6.45) is 0.306. The average molecular weight is 343 g/mol. The van der Waals surface area contributed by atoms with Crippen LogP contribution in [0.3, 0.4) is 0 Å². The molecule has 4 heteroatoms. The van der Waals surface area contributed by atoms with Crippen LogP contribution in [0, 0.1) is 11.3 Å². The van der Waals surface area contributed by atoms with Crippen molar-refractivity contribution in [3.05, 3.63) is 65.7 Å². The molecule has 21 heavy (non-hydrogen) atoms. The van der Waals surface area contributed by atoms with Gasteiger partial charge in [-0.1, -0.05) is 46.3 Å². The van der Waals surface area contributed by atoms with Crippen molar-refractivity contribution < 1.29 is 4.79 Å². The van der Waals surface area contributed by atoms with Crippen molar-refractivity contribution in [1.82, 2.24) is 0 Å². The average Bonchev–Trinajstić information content (AvgIpc) is 2.56. The van der Waals surface area contributed by atoms with Crippen molar-refractivity contribution in [1.29, 1.82) is 5.26 Å². The Morgan fingerprint density at radius 1 is 1.10 bits per heavy atom. The van der Waals surface area contributed by atoms with Crippen molar-refractivity contribution in [2.24, 2.45) is 0 Å². The van der Waals surface area contributed by atoms with E-state index in [2.05, 4.69) is 22.0 Å². The molecule has 0 aliphatic carbocycles. The second-order valence-electron chi connectivity index (χ2n) is 4.53. The molecule has 0 fully saturated rings. The molecular formula is C17H15BrN2O. The van der Waals surface area contributed by atoms with Crippen LogP contribution in [0.4, 0.5) is 5.69 Å². The van der Waals surface area contributed by atoms with Crippen LogP contribution in [-0.2, 0) is 5.33 Å². The van der Waals surface area contributed by atoms with Gasteiger partial charge in [0.25, 0.3) is 5.91 Å². The Kier molecular flexibility index (Phi) is 5.53. The summed E-state index contributed by atoms with van der Waals surface area (Å²) < 4.78 is 0. The molecule has 0 atom stereocenters. The lowest BCUT2D eigenvalue weighted by molar-refractivity contribution is 0.0987. The maximum Gasteiger partial charge on any atom is 0.258 e. The summed E-state index contributed by atoms with van der Waals surface area (Å²) in [5, 5.41) is 9.55. The zero-order valence-electron chi connectivity index (χ0n) is 11.5. The zero-order valence-corrected chi connectivity index (χ0v) is 13.1. The summed E-state index contributed by atoms with van der Waals surface area (Å²) in [4.78, 5) is 14.3. The normalized spacial score (nSPS) is 9.90. The second kappa shape index (κ2) is 7.61. The molecule has 0 bridgehead atoms. The number of halogens is 1. The number of carbonyl (C=O) groups excluding carboxylic acids is 1. The number of anilines is 1. The van der Waals surface area contributed by atoms with E-state index in [9.17, 15) is 4.79 Å². The highest BCUT2D eigenvalue weighted by Crippen LogP contribution is 2.18. The van der Waals surface area contributed by atoms with Gasteiger partial charge in [0.1, 0.15) is 0 Å². The first-order valence-corrected chi connectivity index (χ1v) is 7.77. The van der Waals surface area contributed by atoms with Gasteiger partial charge in [0.15, 0.2) is 0 Å². The van der Waals surface area contributed by atoms with Crippen LogP contribution in [0.15, 0.2) is 54.6 Å². The van der Waals surface area contributed by atoms with Crippen molar-refractivity contribution in [3.8, 4) is 6.07 Å². The molecule has 0 unspecified atom stereocenters. The van der Waals surface area contributed by atoms with Gasteiger partial charge >= 0.3 is 0 Å². The molecule has 106 valence electrons. The highest BCUT2D eigenvalue weighted by Gasteiger charge is 2.17. The summed E-state index contributed by atoms with van der Waals surface area (Å²) >= 11 is 3.39. The fraction of sp³-hybridized carbons (Fsp3) is 0.176. The van der Waals surface area contributed by atoms with Gasteiger partial charge in [-0.15, -0.1) is 0 Å². The van der Waals surface area contributed by atoms with Gasteiger partial charge in [0.05, 0.1) is 12.5 Å². The van der Waals surface area contributed by atoms with Crippen LogP contribution < -0.4 is 4.90 Å². The Morgan fingerprint density at radius 2 is 1.76 bits per heavy atom. The molecule has 0 aliphatic heterocycles. The number of hydrogen-bond donors (Lipinski definition) is 0. The Balaban J connectivity index is 2.27. The number of benzene rings is 2. The molecule has 2 rings (SSSR count). The van der Waals surface area contributed by atoms with Crippen LogP contribution >= 0.6 is 15.9 Å². The monoisotopic (exact) mass is 342 g/mol. The van der Waals surface area contributed by atoms with Gasteiger partial charge in [-0.2, -0.15) is 5.26 Å². The summed E-state index contributed by atoms with van der Waals surface area (Å²) in [6.45, 7) is 0.388. The van der Waals surface area contributed by atoms with Gasteiger partial charge in [-0.05, 0) is 29.8 Å². The lowest BCUT2D eigenvalue weighted by Gasteiger charge is -2.22. The van der Waals surface area contributed by atoms with Crippen molar-refractivity contribution in [3.63, 3.8) is 0 Å². The van der Waals surface area contributed by atoms with E-state index < -0.39 is 0 Å². The lowest BCUT2D eigenvalue weighted by atomic mass is 10.1. The van der Waals surface area contributed by atoms with Gasteiger partial charge in [0.2, 0.25) is 0 Å². The summed E-state index contributed by atoms with van der Waals surface area (Å²) in [6, 6.07) is 19.0. The number of carbonyl (C=O) groups is 1. The Hall–Kier alpha value is -2.12. The highest BCUT2D eigenvalue weighted by atomic mass is 79.9. The SMILES string of the molecule is N#CCCN(C(=O)c1ccc(CBr)cc1)c1ccccc1. The molecular weight excluding hydrogens is 328 g/mol. The number of rotatable bonds is 5. The molecule has 0 heterocycles. The van der Waals surface area contributed by atoms with E-state index in [1.807, 2.05) is 54.6 Å². The molecule has 0 aromatic heterocycles. The van der Waals surface area contributed by atoms with Crippen LogP contribution in [0.5, 0.6) is 0 Å². The minimum absolute atomic E-state index is 0.0856. The number of nitriles is 1. The molecule has 0 aliphatic rings. The van der Waals surface area contributed by atoms with Gasteiger partial charge in [-0.25, -0.2) is 0 Å². The summed E-state index contributed by atoms with van der Waals surface area (Å²) in [5.41, 5.74) is 2.55. The molecule has 0 spiro atoms. The van der Waals surface area contributed by atoms with Crippen LogP contribution in [0.2, 0.25) is 0 Å². The topological polar surface area (TPSA) is 44.1 Å². The number of nitrogens with zero attached hydrogens (tertiary/aromatic N) is 2. The minimum Gasteiger partial charge on any atom is -0.307 e. The molecule has 0 N–H and O–H groups in total. The highest BCUT2D eigenvalue weighted by molar-refractivity contribution is 9.08. The molecule has 3 nitrogen and oxygen atoms in total. The van der Waals surface area contributed by atoms with Crippen LogP contribution in [0.1, 0.15) is 22.3 Å². The Morgan fingerprint density at radius 3 is 2.33 bits per heavy atom. The van der Waals surface area contributed by atoms with Gasteiger partial charge in [-0.3, -0.25) is 4.79 Å². The van der Waals surface area contributed by atoms with Crippen molar-refractivity contribution in [2.45, 2.75) is 11.8 Å². The van der Waals surface area contributed by atoms with Gasteiger partial charge < -0.3 is 4.90 Å². The van der Waals surface area contributed by atoms with Crippen LogP contribution in [-0.4, -0.2) is 12.5 Å². The standard InChI is InChI=1S/C17H15BrN2O/c18-13-14-7-9-15(10-8-14)17(21)20(12-4-11-19)16-5-2-1-3-6-16/h1-3,5-10H,4,12-13H2. The molecule has 0 saturated carbocycles. The van der Waals surface area contributed by atoms with E-state index in [4.69, 9.17) is 5.26 Å². The first kappa shape index (κ1) is 15.3. The van der Waals surface area contributed by atoms with E-state index in [1.54, 1.807) is 4.90 Å². The predicted molar refractivity (Wildman–Crippen MR) is 87.4 cm³/mol. The Bertz CT molecular complexity index is 632. The third-order valence-electron chi connectivity index (χ3n) is 3.12. The molecule has 2 aromatic carbocycles. The van der Waals surface area contributed by atoms with Crippen molar-refractivity contribution in [2.75, 3.05) is 11.4 Å². The smallest absolute Gasteiger partial charge is 0.258 e. The molecule has 2 aromatic rings. The number of para-hydroxylation sites is 1. The maximum absolute atomic E-state index is 12.7. The first-order chi connectivity index (χ1) is 10.3. The summed E-state index contributed by atoms with van der Waals surface area (Å²) in [5.74, 6) is -0.0856. The predicted octanol–water partition coefficient (Wildman–Crippen LogP) is 4.14. The van der Waals surface area contributed by atoms with E-state index >= 15 is 0 Å². The fourth-order valence-electron chi connectivity index (χ4n) is 2.01. The minimum atomic E-state index is -0.0856. The van der Waals surface area contributed by atoms with E-state index in [0.717, 1.165) is 16.6 Å². The quantitative estimate of drug-likeness (QED) is 0.766. The summed E-state index contributed by atoms with van der Waals surface area (Å²) in [7, 11) is 0. The van der Waals surface area contributed by atoms with E-state index in [-0.39, 0.29) is 5.91 Å². The Labute approximate surface area is 132 Å². The maximum atomic E-state index is 12.7. The molecule has 0 radical (unpaired) electrons. The van der Waals surface area contributed by atoms with E-state index in [0.29, 0.717) is 18.5 Å².